The van der Waals surface area contributed by atoms with E-state index < -0.39 is 0 Å². The van der Waals surface area contributed by atoms with Crippen molar-refractivity contribution in [1.82, 2.24) is 5.32 Å². The molecule has 0 bridgehead atoms. The summed E-state index contributed by atoms with van der Waals surface area (Å²) in [5, 5.41) is 12.5. The zero-order valence-corrected chi connectivity index (χ0v) is 11.1. The summed E-state index contributed by atoms with van der Waals surface area (Å²) in [5.41, 5.74) is 0.317. The van der Waals surface area contributed by atoms with Crippen molar-refractivity contribution in [3.63, 3.8) is 0 Å². The van der Waals surface area contributed by atoms with E-state index in [9.17, 15) is 9.90 Å². The van der Waals surface area contributed by atoms with Gasteiger partial charge in [-0.15, -0.1) is 0 Å². The first kappa shape index (κ1) is 12.4. The molecule has 0 radical (unpaired) electrons. The molecule has 92 valence electrons. The van der Waals surface area contributed by atoms with E-state index in [0.717, 1.165) is 4.47 Å². The summed E-state index contributed by atoms with van der Waals surface area (Å²) in [6, 6.07) is 4.82. The van der Waals surface area contributed by atoms with Gasteiger partial charge >= 0.3 is 0 Å². The maximum atomic E-state index is 11.8. The number of hydrogen-bond donors (Lipinski definition) is 2. The minimum absolute atomic E-state index is 0.0214. The van der Waals surface area contributed by atoms with Crippen molar-refractivity contribution in [2.45, 2.75) is 6.92 Å². The van der Waals surface area contributed by atoms with Gasteiger partial charge in [0.25, 0.3) is 5.91 Å². The number of benzene rings is 1. The number of hydrogen-bond acceptors (Lipinski definition) is 3. The Labute approximate surface area is 108 Å². The van der Waals surface area contributed by atoms with E-state index in [1.807, 2.05) is 0 Å². The average molecular weight is 300 g/mol. The second-order valence-corrected chi connectivity index (χ2v) is 5.56. The van der Waals surface area contributed by atoms with Crippen molar-refractivity contribution in [3.8, 4) is 5.75 Å². The highest BCUT2D eigenvalue weighted by Crippen LogP contribution is 2.26. The molecule has 5 heteroatoms. The quantitative estimate of drug-likeness (QED) is 0.896. The topological polar surface area (TPSA) is 58.6 Å². The average Bonchev–Trinajstić information content (AvgIpc) is 2.23. The zero-order valence-electron chi connectivity index (χ0n) is 9.50. The Hall–Kier alpha value is -1.07. The van der Waals surface area contributed by atoms with E-state index in [-0.39, 0.29) is 22.6 Å². The molecule has 1 heterocycles. The Morgan fingerprint density at radius 3 is 2.82 bits per heavy atom. The number of phenolic OH excluding ortho intramolecular Hbond substituents is 1. The van der Waals surface area contributed by atoms with E-state index in [2.05, 4.69) is 28.2 Å². The molecule has 1 aromatic rings. The van der Waals surface area contributed by atoms with Crippen LogP contribution in [0.15, 0.2) is 22.7 Å². The molecule has 17 heavy (non-hydrogen) atoms. The summed E-state index contributed by atoms with van der Waals surface area (Å²) in [5.74, 6) is -0.282. The summed E-state index contributed by atoms with van der Waals surface area (Å²) in [6.07, 6.45) is 0. The van der Waals surface area contributed by atoms with Gasteiger partial charge in [0.2, 0.25) is 0 Å². The van der Waals surface area contributed by atoms with E-state index in [0.29, 0.717) is 19.8 Å². The van der Waals surface area contributed by atoms with Crippen molar-refractivity contribution in [3.05, 3.63) is 28.2 Å². The molecule has 1 saturated heterocycles. The molecule has 0 atom stereocenters. The fraction of sp³-hybridized carbons (Fsp3) is 0.417. The van der Waals surface area contributed by atoms with Crippen LogP contribution in [-0.4, -0.2) is 30.8 Å². The highest BCUT2D eigenvalue weighted by molar-refractivity contribution is 9.10. The van der Waals surface area contributed by atoms with E-state index in [4.69, 9.17) is 4.74 Å². The fourth-order valence-electron chi connectivity index (χ4n) is 1.64. The number of halogens is 1. The lowest BCUT2D eigenvalue weighted by Gasteiger charge is -2.38. The molecule has 2 rings (SSSR count). The number of amides is 1. The summed E-state index contributed by atoms with van der Waals surface area (Å²) < 4.78 is 5.85. The van der Waals surface area contributed by atoms with Crippen LogP contribution in [-0.2, 0) is 4.74 Å². The molecule has 2 N–H and O–H groups in total. The summed E-state index contributed by atoms with van der Waals surface area (Å²) >= 11 is 3.23. The van der Waals surface area contributed by atoms with Crippen LogP contribution in [0.5, 0.6) is 5.75 Å². The molecule has 0 aromatic heterocycles. The van der Waals surface area contributed by atoms with Crippen LogP contribution in [0.25, 0.3) is 0 Å². The normalized spacial score (nSPS) is 17.3. The summed E-state index contributed by atoms with van der Waals surface area (Å²) in [6.45, 7) is 3.94. The smallest absolute Gasteiger partial charge is 0.255 e. The molecule has 0 aliphatic carbocycles. The molecular formula is C12H14BrNO3. The fourth-order valence-corrected chi connectivity index (χ4v) is 1.99. The Morgan fingerprint density at radius 2 is 2.29 bits per heavy atom. The summed E-state index contributed by atoms with van der Waals surface area (Å²) in [7, 11) is 0. The lowest BCUT2D eigenvalue weighted by atomic mass is 9.88. The van der Waals surface area contributed by atoms with E-state index >= 15 is 0 Å². The number of phenols is 1. The Morgan fingerprint density at radius 1 is 1.59 bits per heavy atom. The molecule has 1 aliphatic rings. The van der Waals surface area contributed by atoms with Gasteiger partial charge in [-0.2, -0.15) is 0 Å². The molecule has 0 unspecified atom stereocenters. The van der Waals surface area contributed by atoms with Crippen LogP contribution >= 0.6 is 15.9 Å². The molecule has 1 amide bonds. The van der Waals surface area contributed by atoms with Gasteiger partial charge in [0, 0.05) is 16.4 Å². The molecule has 1 aliphatic heterocycles. The molecule has 1 fully saturated rings. The van der Waals surface area contributed by atoms with Gasteiger partial charge in [-0.05, 0) is 18.2 Å². The molecular weight excluding hydrogens is 286 g/mol. The first-order valence-electron chi connectivity index (χ1n) is 5.35. The van der Waals surface area contributed by atoms with Gasteiger partial charge in [0.15, 0.2) is 0 Å². The number of carbonyl (C=O) groups is 1. The second kappa shape index (κ2) is 4.66. The third kappa shape index (κ3) is 2.79. The Bertz CT molecular complexity index is 443. The van der Waals surface area contributed by atoms with E-state index in [1.54, 1.807) is 12.1 Å². The zero-order chi connectivity index (χ0) is 12.5. The lowest BCUT2D eigenvalue weighted by Crippen LogP contribution is -2.48. The van der Waals surface area contributed by atoms with Crippen molar-refractivity contribution in [1.29, 1.82) is 0 Å². The minimum Gasteiger partial charge on any atom is -0.507 e. The van der Waals surface area contributed by atoms with Gasteiger partial charge in [0.05, 0.1) is 18.8 Å². The van der Waals surface area contributed by atoms with Gasteiger partial charge in [-0.1, -0.05) is 22.9 Å². The Balaban J connectivity index is 1.99. The maximum Gasteiger partial charge on any atom is 0.255 e. The predicted octanol–water partition coefficient (Wildman–Crippen LogP) is 1.92. The van der Waals surface area contributed by atoms with Crippen LogP contribution in [0.1, 0.15) is 17.3 Å². The molecule has 0 spiro atoms. The van der Waals surface area contributed by atoms with Crippen molar-refractivity contribution >= 4 is 21.8 Å². The largest absolute Gasteiger partial charge is 0.507 e. The highest BCUT2D eigenvalue weighted by atomic mass is 79.9. The van der Waals surface area contributed by atoms with Crippen LogP contribution < -0.4 is 5.32 Å². The van der Waals surface area contributed by atoms with Crippen LogP contribution in [0.4, 0.5) is 0 Å². The van der Waals surface area contributed by atoms with Crippen LogP contribution in [0.2, 0.25) is 0 Å². The lowest BCUT2D eigenvalue weighted by molar-refractivity contribution is -0.0978. The number of aromatic hydroxyl groups is 1. The number of rotatable bonds is 3. The van der Waals surface area contributed by atoms with Gasteiger partial charge in [-0.25, -0.2) is 0 Å². The summed E-state index contributed by atoms with van der Waals surface area (Å²) in [4.78, 5) is 11.8. The first-order valence-corrected chi connectivity index (χ1v) is 6.14. The second-order valence-electron chi connectivity index (χ2n) is 4.65. The SMILES string of the molecule is CC1(CNC(=O)c2ccc(Br)cc2O)COC1. The van der Waals surface area contributed by atoms with Crippen LogP contribution in [0, 0.1) is 5.41 Å². The highest BCUT2D eigenvalue weighted by Gasteiger charge is 2.33. The Kier molecular flexibility index (Phi) is 3.40. The minimum atomic E-state index is -0.261. The van der Waals surface area contributed by atoms with Crippen LogP contribution in [0.3, 0.4) is 0 Å². The van der Waals surface area contributed by atoms with Crippen molar-refractivity contribution in [2.24, 2.45) is 5.41 Å². The first-order chi connectivity index (χ1) is 8.00. The molecule has 1 aromatic carbocycles. The van der Waals surface area contributed by atoms with E-state index in [1.165, 1.54) is 6.07 Å². The molecule has 4 nitrogen and oxygen atoms in total. The van der Waals surface area contributed by atoms with Gasteiger partial charge in [-0.3, -0.25) is 4.79 Å². The third-order valence-corrected chi connectivity index (χ3v) is 3.27. The van der Waals surface area contributed by atoms with Crippen molar-refractivity contribution in [2.75, 3.05) is 19.8 Å². The van der Waals surface area contributed by atoms with Crippen molar-refractivity contribution < 1.29 is 14.6 Å². The number of nitrogens with one attached hydrogen (secondary N) is 1. The standard InChI is InChI=1S/C12H14BrNO3/c1-12(6-17-7-12)5-14-11(16)9-3-2-8(13)4-10(9)15/h2-4,15H,5-7H2,1H3,(H,14,16). The monoisotopic (exact) mass is 299 g/mol. The van der Waals surface area contributed by atoms with Gasteiger partial charge in [0.1, 0.15) is 5.75 Å². The van der Waals surface area contributed by atoms with Gasteiger partial charge < -0.3 is 15.2 Å². The number of ether oxygens (including phenoxy) is 1. The maximum absolute atomic E-state index is 11.8. The predicted molar refractivity (Wildman–Crippen MR) is 67.1 cm³/mol. The number of carbonyl (C=O) groups excluding carboxylic acids is 1. The molecule has 0 saturated carbocycles. The third-order valence-electron chi connectivity index (χ3n) is 2.78.